The molecule has 0 bridgehead atoms. The highest BCUT2D eigenvalue weighted by atomic mass is 32.2. The lowest BCUT2D eigenvalue weighted by molar-refractivity contribution is -0.132. The van der Waals surface area contributed by atoms with Gasteiger partial charge in [0.1, 0.15) is 0 Å². The molecule has 2 rings (SSSR count). The number of anilines is 1. The van der Waals surface area contributed by atoms with Gasteiger partial charge in [-0.05, 0) is 19.2 Å². The van der Waals surface area contributed by atoms with E-state index in [-0.39, 0.29) is 24.7 Å². The van der Waals surface area contributed by atoms with Crippen LogP contribution in [0, 0.1) is 0 Å². The topological polar surface area (TPSA) is 52.7 Å². The maximum Gasteiger partial charge on any atom is 0.227 e. The molecule has 5 nitrogen and oxygen atoms in total. The molecule has 1 aliphatic heterocycles. The first kappa shape index (κ1) is 16.8. The molecule has 1 N–H and O–H groups in total. The highest BCUT2D eigenvalue weighted by Gasteiger charge is 2.23. The van der Waals surface area contributed by atoms with Crippen molar-refractivity contribution in [3.05, 3.63) is 24.3 Å². The number of nitrogens with one attached hydrogen (secondary N) is 1. The summed E-state index contributed by atoms with van der Waals surface area (Å²) in [7, 11) is 3.63. The maximum atomic E-state index is 12.4. The van der Waals surface area contributed by atoms with E-state index in [1.807, 2.05) is 36.2 Å². The number of carbonyl (C=O) groups is 2. The van der Waals surface area contributed by atoms with Crippen LogP contribution in [0.15, 0.2) is 29.2 Å². The number of likely N-dealkylation sites (N-methyl/N-ethyl adjacent to an activating group) is 2. The molecule has 120 valence electrons. The molecule has 0 aromatic heterocycles. The number of fused-ring (bicyclic) bond motifs is 1. The van der Waals surface area contributed by atoms with Crippen LogP contribution in [0.25, 0.3) is 0 Å². The Morgan fingerprint density at radius 2 is 2.09 bits per heavy atom. The predicted molar refractivity (Wildman–Crippen MR) is 90.3 cm³/mol. The Kier molecular flexibility index (Phi) is 6.27. The summed E-state index contributed by atoms with van der Waals surface area (Å²) in [5.74, 6) is 0.949. The van der Waals surface area contributed by atoms with E-state index in [9.17, 15) is 9.59 Å². The van der Waals surface area contributed by atoms with Crippen molar-refractivity contribution in [3.8, 4) is 0 Å². The second-order valence-corrected chi connectivity index (χ2v) is 6.42. The lowest BCUT2D eigenvalue weighted by Gasteiger charge is -2.29. The minimum absolute atomic E-state index is 0.0169. The van der Waals surface area contributed by atoms with Gasteiger partial charge in [-0.3, -0.25) is 9.59 Å². The summed E-state index contributed by atoms with van der Waals surface area (Å²) in [6, 6.07) is 7.94. The minimum atomic E-state index is 0.0169. The summed E-state index contributed by atoms with van der Waals surface area (Å²) < 4.78 is 0. The Morgan fingerprint density at radius 3 is 2.86 bits per heavy atom. The van der Waals surface area contributed by atoms with Crippen LogP contribution in [-0.2, 0) is 9.59 Å². The van der Waals surface area contributed by atoms with E-state index in [2.05, 4.69) is 5.32 Å². The molecule has 0 unspecified atom stereocenters. The molecule has 1 aromatic carbocycles. The Hall–Kier alpha value is -1.53. The maximum absolute atomic E-state index is 12.4. The SMILES string of the molecule is CNCCN(C)C(=O)CCC(=O)N1CCSc2ccccc21. The molecule has 0 aliphatic carbocycles. The number of hydrogen-bond acceptors (Lipinski definition) is 4. The quantitative estimate of drug-likeness (QED) is 0.864. The standard InChI is InChI=1S/C16H23N3O2S/c1-17-9-10-18(2)15(20)7-8-16(21)19-11-12-22-14-6-4-3-5-13(14)19/h3-6,17H,7-12H2,1-2H3. The third-order valence-electron chi connectivity index (χ3n) is 3.71. The van der Waals surface area contributed by atoms with Crippen molar-refractivity contribution in [2.45, 2.75) is 17.7 Å². The number of amides is 2. The number of para-hydroxylation sites is 1. The summed E-state index contributed by atoms with van der Waals surface area (Å²) in [5.41, 5.74) is 0.972. The van der Waals surface area contributed by atoms with Crippen LogP contribution in [0.4, 0.5) is 5.69 Å². The fraction of sp³-hybridized carbons (Fsp3) is 0.500. The fourth-order valence-electron chi connectivity index (χ4n) is 2.37. The Morgan fingerprint density at radius 1 is 1.32 bits per heavy atom. The molecule has 1 aliphatic rings. The molecule has 1 aromatic rings. The molecule has 22 heavy (non-hydrogen) atoms. The number of benzene rings is 1. The van der Waals surface area contributed by atoms with Crippen LogP contribution in [0.3, 0.4) is 0 Å². The summed E-state index contributed by atoms with van der Waals surface area (Å²) in [5, 5.41) is 3.01. The van der Waals surface area contributed by atoms with E-state index < -0.39 is 0 Å². The van der Waals surface area contributed by atoms with Crippen LogP contribution in [0.2, 0.25) is 0 Å². The molecule has 1 heterocycles. The molecule has 2 amide bonds. The van der Waals surface area contributed by atoms with E-state index in [0.717, 1.165) is 22.9 Å². The molecule has 0 fully saturated rings. The number of thioether (sulfide) groups is 1. The van der Waals surface area contributed by atoms with Crippen molar-refractivity contribution in [2.75, 3.05) is 44.4 Å². The minimum Gasteiger partial charge on any atom is -0.344 e. The van der Waals surface area contributed by atoms with Crippen molar-refractivity contribution < 1.29 is 9.59 Å². The van der Waals surface area contributed by atoms with Gasteiger partial charge in [0, 0.05) is 50.2 Å². The fourth-order valence-corrected chi connectivity index (χ4v) is 3.37. The van der Waals surface area contributed by atoms with E-state index in [0.29, 0.717) is 13.1 Å². The van der Waals surface area contributed by atoms with E-state index in [4.69, 9.17) is 0 Å². The van der Waals surface area contributed by atoms with Crippen LogP contribution in [-0.4, -0.2) is 56.2 Å². The van der Waals surface area contributed by atoms with Crippen LogP contribution in [0.1, 0.15) is 12.8 Å². The van der Waals surface area contributed by atoms with Crippen molar-refractivity contribution in [2.24, 2.45) is 0 Å². The van der Waals surface area contributed by atoms with Crippen molar-refractivity contribution in [1.82, 2.24) is 10.2 Å². The lowest BCUT2D eigenvalue weighted by atomic mass is 10.2. The second-order valence-electron chi connectivity index (χ2n) is 5.28. The molecule has 0 radical (unpaired) electrons. The van der Waals surface area contributed by atoms with Gasteiger partial charge in [0.05, 0.1) is 5.69 Å². The summed E-state index contributed by atoms with van der Waals surface area (Å²) in [4.78, 5) is 29.1. The highest BCUT2D eigenvalue weighted by molar-refractivity contribution is 7.99. The Labute approximate surface area is 136 Å². The smallest absolute Gasteiger partial charge is 0.227 e. The molecule has 0 saturated heterocycles. The summed E-state index contributed by atoms with van der Waals surface area (Å²) in [6.45, 7) is 2.13. The predicted octanol–water partition coefficient (Wildman–Crippen LogP) is 1.58. The first-order valence-electron chi connectivity index (χ1n) is 7.54. The zero-order chi connectivity index (χ0) is 15.9. The average molecular weight is 321 g/mol. The first-order valence-corrected chi connectivity index (χ1v) is 8.53. The molecule has 0 saturated carbocycles. The van der Waals surface area contributed by atoms with Gasteiger partial charge in [-0.1, -0.05) is 12.1 Å². The zero-order valence-electron chi connectivity index (χ0n) is 13.2. The number of rotatable bonds is 6. The van der Waals surface area contributed by atoms with Crippen molar-refractivity contribution >= 4 is 29.3 Å². The zero-order valence-corrected chi connectivity index (χ0v) is 14.0. The van der Waals surface area contributed by atoms with Gasteiger partial charge in [0.15, 0.2) is 0 Å². The van der Waals surface area contributed by atoms with Crippen LogP contribution < -0.4 is 10.2 Å². The third-order valence-corrected chi connectivity index (χ3v) is 4.75. The largest absolute Gasteiger partial charge is 0.344 e. The summed E-state index contributed by atoms with van der Waals surface area (Å²) in [6.07, 6.45) is 0.534. The Bertz CT molecular complexity index is 536. The molecule has 6 heteroatoms. The van der Waals surface area contributed by atoms with Crippen molar-refractivity contribution in [1.29, 1.82) is 0 Å². The second kappa shape index (κ2) is 8.19. The molecular weight excluding hydrogens is 298 g/mol. The van der Waals surface area contributed by atoms with Crippen molar-refractivity contribution in [3.63, 3.8) is 0 Å². The van der Waals surface area contributed by atoms with Gasteiger partial charge < -0.3 is 15.1 Å². The highest BCUT2D eigenvalue weighted by Crippen LogP contribution is 2.34. The van der Waals surface area contributed by atoms with Gasteiger partial charge >= 0.3 is 0 Å². The number of carbonyl (C=O) groups excluding carboxylic acids is 2. The molecule has 0 spiro atoms. The third kappa shape index (κ3) is 4.24. The first-order chi connectivity index (χ1) is 10.6. The van der Waals surface area contributed by atoms with E-state index in [1.165, 1.54) is 0 Å². The van der Waals surface area contributed by atoms with Gasteiger partial charge in [0.25, 0.3) is 0 Å². The van der Waals surface area contributed by atoms with Gasteiger partial charge in [-0.25, -0.2) is 0 Å². The molecular formula is C16H23N3O2S. The van der Waals surface area contributed by atoms with Crippen LogP contribution in [0.5, 0.6) is 0 Å². The van der Waals surface area contributed by atoms with Gasteiger partial charge in [-0.15, -0.1) is 11.8 Å². The number of hydrogen-bond donors (Lipinski definition) is 1. The van der Waals surface area contributed by atoms with Crippen LogP contribution >= 0.6 is 11.8 Å². The van der Waals surface area contributed by atoms with Gasteiger partial charge in [0.2, 0.25) is 11.8 Å². The van der Waals surface area contributed by atoms with E-state index in [1.54, 1.807) is 23.7 Å². The van der Waals surface area contributed by atoms with Gasteiger partial charge in [-0.2, -0.15) is 0 Å². The normalized spacial score (nSPS) is 13.6. The number of nitrogens with zero attached hydrogens (tertiary/aromatic N) is 2. The monoisotopic (exact) mass is 321 g/mol. The average Bonchev–Trinajstić information content (AvgIpc) is 2.56. The lowest BCUT2D eigenvalue weighted by Crippen LogP contribution is -2.37. The van der Waals surface area contributed by atoms with E-state index >= 15 is 0 Å². The molecule has 0 atom stereocenters. The Balaban J connectivity index is 1.89. The summed E-state index contributed by atoms with van der Waals surface area (Å²) >= 11 is 1.77.